The van der Waals surface area contributed by atoms with Gasteiger partial charge in [-0.15, -0.1) is 0 Å². The average molecular weight is 283 g/mol. The van der Waals surface area contributed by atoms with Crippen LogP contribution in [0.2, 0.25) is 0 Å². The van der Waals surface area contributed by atoms with Gasteiger partial charge < -0.3 is 15.3 Å². The fourth-order valence-corrected chi connectivity index (χ4v) is 0. The van der Waals surface area contributed by atoms with Crippen molar-refractivity contribution < 1.29 is 49.2 Å². The predicted molar refractivity (Wildman–Crippen MR) is 39.9 cm³/mol. The molecule has 0 heterocycles. The Morgan fingerprint density at radius 2 is 0.692 bits per heavy atom. The Balaban J connectivity index is -0.0000000450. The molecule has 13 heavy (non-hydrogen) atoms. The molecule has 0 aliphatic carbocycles. The summed E-state index contributed by atoms with van der Waals surface area (Å²) in [6, 6.07) is 0. The third-order valence-electron chi connectivity index (χ3n) is 0. The monoisotopic (exact) mass is 283 g/mol. The van der Waals surface area contributed by atoms with E-state index < -0.39 is 17.9 Å². The van der Waals surface area contributed by atoms with E-state index in [-0.39, 0.29) is 19.5 Å². The van der Waals surface area contributed by atoms with Gasteiger partial charge in [-0.25, -0.2) is 0 Å². The molecular weight excluding hydrogens is 271 g/mol. The molecule has 0 aromatic rings. The zero-order valence-electron chi connectivity index (χ0n) is 7.40. The first-order valence-corrected chi connectivity index (χ1v) is 2.78. The fourth-order valence-electron chi connectivity index (χ4n) is 0. The van der Waals surface area contributed by atoms with E-state index >= 15 is 0 Å². The van der Waals surface area contributed by atoms with Crippen molar-refractivity contribution >= 4 is 17.9 Å². The minimum absolute atomic E-state index is 0. The quantitative estimate of drug-likeness (QED) is 0.550. The van der Waals surface area contributed by atoms with Crippen molar-refractivity contribution in [3.8, 4) is 0 Å². The minimum Gasteiger partial charge on any atom is -0.481 e. The molecule has 7 heteroatoms. The predicted octanol–water partition coefficient (Wildman–Crippen LogP) is 0.270. The van der Waals surface area contributed by atoms with Gasteiger partial charge in [0.1, 0.15) is 0 Å². The van der Waals surface area contributed by atoms with Crippen molar-refractivity contribution in [3.05, 3.63) is 0 Å². The molecule has 0 bridgehead atoms. The molecule has 3 N–H and O–H groups in total. The summed E-state index contributed by atoms with van der Waals surface area (Å²) in [6.45, 7) is 3.25. The van der Waals surface area contributed by atoms with Crippen LogP contribution in [0.15, 0.2) is 0 Å². The van der Waals surface area contributed by atoms with E-state index in [2.05, 4.69) is 0 Å². The zero-order chi connectivity index (χ0) is 10.7. The van der Waals surface area contributed by atoms with Gasteiger partial charge >= 0.3 is 0 Å². The number of rotatable bonds is 0. The summed E-state index contributed by atoms with van der Waals surface area (Å²) in [4.78, 5) is 27.0. The van der Waals surface area contributed by atoms with Gasteiger partial charge in [-0.3, -0.25) is 14.4 Å². The second-order valence-corrected chi connectivity index (χ2v) is 1.56. The van der Waals surface area contributed by atoms with Gasteiger partial charge in [-0.05, 0) is 0 Å². The SMILES string of the molecule is CC(=O)O.CC(=O)O.CC(=O)O.[Rh]. The molecule has 0 unspecified atom stereocenters. The summed E-state index contributed by atoms with van der Waals surface area (Å²) in [6.07, 6.45) is 0. The fraction of sp³-hybridized carbons (Fsp3) is 0.500. The van der Waals surface area contributed by atoms with Crippen molar-refractivity contribution in [1.82, 2.24) is 0 Å². The first-order chi connectivity index (χ1) is 5.20. The van der Waals surface area contributed by atoms with Crippen molar-refractivity contribution in [2.75, 3.05) is 0 Å². The van der Waals surface area contributed by atoms with E-state index in [1.165, 1.54) is 0 Å². The molecule has 6 nitrogen and oxygen atoms in total. The molecule has 1 radical (unpaired) electrons. The van der Waals surface area contributed by atoms with Crippen LogP contribution in [0, 0.1) is 0 Å². The van der Waals surface area contributed by atoms with E-state index in [0.29, 0.717) is 0 Å². The van der Waals surface area contributed by atoms with Crippen LogP contribution in [0.25, 0.3) is 0 Å². The summed E-state index contributed by atoms with van der Waals surface area (Å²) in [5, 5.41) is 22.2. The Morgan fingerprint density at radius 3 is 0.692 bits per heavy atom. The summed E-state index contributed by atoms with van der Waals surface area (Å²) in [5.41, 5.74) is 0. The Morgan fingerprint density at radius 1 is 0.692 bits per heavy atom. The number of hydrogen-bond acceptors (Lipinski definition) is 3. The number of aliphatic carboxylic acids is 3. The van der Waals surface area contributed by atoms with Crippen LogP contribution in [0.4, 0.5) is 0 Å². The van der Waals surface area contributed by atoms with Crippen molar-refractivity contribution in [2.24, 2.45) is 0 Å². The van der Waals surface area contributed by atoms with Crippen LogP contribution in [0.1, 0.15) is 20.8 Å². The maximum Gasteiger partial charge on any atom is 0.300 e. The first-order valence-electron chi connectivity index (χ1n) is 2.78. The van der Waals surface area contributed by atoms with Gasteiger partial charge in [0.05, 0.1) is 0 Å². The summed E-state index contributed by atoms with van der Waals surface area (Å²) in [5.74, 6) is -2.50. The number of hydrogen-bond donors (Lipinski definition) is 3. The van der Waals surface area contributed by atoms with Gasteiger partial charge in [0.2, 0.25) is 0 Å². The maximum atomic E-state index is 9.00. The third-order valence-corrected chi connectivity index (χ3v) is 0. The smallest absolute Gasteiger partial charge is 0.300 e. The van der Waals surface area contributed by atoms with Crippen LogP contribution in [0.3, 0.4) is 0 Å². The van der Waals surface area contributed by atoms with Gasteiger partial charge in [0.25, 0.3) is 17.9 Å². The van der Waals surface area contributed by atoms with Crippen LogP contribution >= 0.6 is 0 Å². The van der Waals surface area contributed by atoms with Crippen LogP contribution in [0.5, 0.6) is 0 Å². The summed E-state index contributed by atoms with van der Waals surface area (Å²) >= 11 is 0. The molecule has 0 amide bonds. The van der Waals surface area contributed by atoms with E-state index in [1.807, 2.05) is 0 Å². The largest absolute Gasteiger partial charge is 0.481 e. The summed E-state index contributed by atoms with van der Waals surface area (Å²) < 4.78 is 0. The molecule has 0 rings (SSSR count). The normalized spacial score (nSPS) is 5.77. The second-order valence-electron chi connectivity index (χ2n) is 1.56. The molecule has 0 aliphatic rings. The van der Waals surface area contributed by atoms with E-state index in [9.17, 15) is 0 Å². The molecule has 0 atom stereocenters. The topological polar surface area (TPSA) is 112 Å². The minimum atomic E-state index is -0.833. The Hall–Kier alpha value is -0.967. The van der Waals surface area contributed by atoms with Gasteiger partial charge in [-0.2, -0.15) is 0 Å². The van der Waals surface area contributed by atoms with Crippen molar-refractivity contribution in [2.45, 2.75) is 20.8 Å². The van der Waals surface area contributed by atoms with E-state index in [1.54, 1.807) is 0 Å². The number of carbonyl (C=O) groups is 3. The summed E-state index contributed by atoms with van der Waals surface area (Å²) in [7, 11) is 0. The molecule has 0 aromatic heterocycles. The Bertz CT molecular complexity index is 115. The van der Waals surface area contributed by atoms with Crippen molar-refractivity contribution in [3.63, 3.8) is 0 Å². The second kappa shape index (κ2) is 17.2. The number of carboxylic acid groups (broad SMARTS) is 3. The zero-order valence-corrected chi connectivity index (χ0v) is 9.04. The third kappa shape index (κ3) is 964. The number of carboxylic acids is 3. The molecule has 0 saturated carbocycles. The Labute approximate surface area is 88.3 Å². The van der Waals surface area contributed by atoms with Crippen molar-refractivity contribution in [1.29, 1.82) is 0 Å². The first kappa shape index (κ1) is 22.7. The van der Waals surface area contributed by atoms with Gasteiger partial charge in [-0.1, -0.05) is 0 Å². The maximum absolute atomic E-state index is 9.00. The van der Waals surface area contributed by atoms with Gasteiger partial charge in [0, 0.05) is 40.2 Å². The molecule has 0 spiro atoms. The molecular formula is C6H12O6Rh. The Kier molecular flexibility index (Phi) is 30.1. The van der Waals surface area contributed by atoms with E-state index in [0.717, 1.165) is 20.8 Å². The van der Waals surface area contributed by atoms with Crippen LogP contribution in [-0.2, 0) is 33.9 Å². The van der Waals surface area contributed by atoms with Gasteiger partial charge in [0.15, 0.2) is 0 Å². The molecule has 81 valence electrons. The van der Waals surface area contributed by atoms with Crippen LogP contribution in [-0.4, -0.2) is 33.2 Å². The van der Waals surface area contributed by atoms with E-state index in [4.69, 9.17) is 29.7 Å². The standard InChI is InChI=1S/3C2H4O2.Rh/c3*1-2(3)4;/h3*1H3,(H,3,4);. The molecule has 0 saturated heterocycles. The van der Waals surface area contributed by atoms with Crippen LogP contribution < -0.4 is 0 Å². The molecule has 0 fully saturated rings. The average Bonchev–Trinajstić information content (AvgIpc) is 1.54. The molecule has 0 aromatic carbocycles. The molecule has 0 aliphatic heterocycles.